The third-order valence-corrected chi connectivity index (χ3v) is 2.31. The van der Waals surface area contributed by atoms with Gasteiger partial charge in [0, 0.05) is 25.9 Å². The van der Waals surface area contributed by atoms with Crippen LogP contribution in [0.5, 0.6) is 0 Å². The van der Waals surface area contributed by atoms with Crippen LogP contribution >= 0.6 is 11.8 Å². The molecular weight excluding hydrogens is 160 g/mol. The second-order valence-corrected chi connectivity index (χ2v) is 3.64. The van der Waals surface area contributed by atoms with Crippen molar-refractivity contribution in [3.05, 3.63) is 0 Å². The Morgan fingerprint density at radius 1 is 1.45 bits per heavy atom. The van der Waals surface area contributed by atoms with E-state index < -0.39 is 0 Å². The van der Waals surface area contributed by atoms with Gasteiger partial charge in [-0.2, -0.15) is 11.8 Å². The molecule has 0 unspecified atom stereocenters. The highest BCUT2D eigenvalue weighted by Gasteiger charge is 1.93. The number of thioether (sulfide) groups is 1. The Morgan fingerprint density at radius 3 is 2.73 bits per heavy atom. The zero-order valence-electron chi connectivity index (χ0n) is 7.26. The Bertz CT molecular complexity index is 104. The van der Waals surface area contributed by atoms with Gasteiger partial charge in [0.05, 0.1) is 0 Å². The maximum atomic E-state index is 10.5. The molecule has 0 saturated heterocycles. The second kappa shape index (κ2) is 8.08. The van der Waals surface area contributed by atoms with Gasteiger partial charge in [0.2, 0.25) is 0 Å². The number of ketones is 1. The summed E-state index contributed by atoms with van der Waals surface area (Å²) in [4.78, 5) is 10.5. The number of rotatable bonds is 7. The molecule has 0 heterocycles. The largest absolute Gasteiger partial charge is 0.385 e. The van der Waals surface area contributed by atoms with Crippen LogP contribution in [0.25, 0.3) is 0 Å². The normalized spacial score (nSPS) is 10.0. The molecule has 3 heteroatoms. The average molecular weight is 176 g/mol. The Labute approximate surface area is 72.7 Å². The quantitative estimate of drug-likeness (QED) is 0.553. The van der Waals surface area contributed by atoms with Gasteiger partial charge >= 0.3 is 0 Å². The summed E-state index contributed by atoms with van der Waals surface area (Å²) >= 11 is 1.82. The summed E-state index contributed by atoms with van der Waals surface area (Å²) in [5, 5.41) is 0. The van der Waals surface area contributed by atoms with E-state index in [0.29, 0.717) is 6.42 Å². The minimum Gasteiger partial charge on any atom is -0.385 e. The van der Waals surface area contributed by atoms with Crippen LogP contribution in [-0.2, 0) is 9.53 Å². The van der Waals surface area contributed by atoms with Crippen molar-refractivity contribution in [3.8, 4) is 0 Å². The fourth-order valence-corrected chi connectivity index (χ4v) is 1.58. The van der Waals surface area contributed by atoms with Gasteiger partial charge in [-0.25, -0.2) is 0 Å². The van der Waals surface area contributed by atoms with Crippen molar-refractivity contribution >= 4 is 17.5 Å². The lowest BCUT2D eigenvalue weighted by Gasteiger charge is -1.98. The molecule has 0 aromatic heterocycles. The third kappa shape index (κ3) is 9.98. The Hall–Kier alpha value is -0.0200. The van der Waals surface area contributed by atoms with Crippen molar-refractivity contribution in [2.24, 2.45) is 0 Å². The fourth-order valence-electron chi connectivity index (χ4n) is 0.623. The van der Waals surface area contributed by atoms with Crippen molar-refractivity contribution in [1.82, 2.24) is 0 Å². The van der Waals surface area contributed by atoms with Crippen LogP contribution in [0.3, 0.4) is 0 Å². The molecule has 0 N–H and O–H groups in total. The van der Waals surface area contributed by atoms with E-state index in [4.69, 9.17) is 4.74 Å². The van der Waals surface area contributed by atoms with E-state index in [1.54, 1.807) is 14.0 Å². The molecular formula is C8H16O2S. The number of carbonyl (C=O) groups excluding carboxylic acids is 1. The first-order chi connectivity index (χ1) is 5.27. The molecule has 0 aliphatic rings. The van der Waals surface area contributed by atoms with E-state index in [-0.39, 0.29) is 5.78 Å². The third-order valence-electron chi connectivity index (χ3n) is 1.24. The summed E-state index contributed by atoms with van der Waals surface area (Å²) in [5.74, 6) is 2.34. The molecule has 0 aliphatic carbocycles. The molecule has 0 amide bonds. The molecule has 0 rings (SSSR count). The molecule has 0 aromatic rings. The highest BCUT2D eigenvalue weighted by molar-refractivity contribution is 7.99. The first kappa shape index (κ1) is 11.0. The van der Waals surface area contributed by atoms with Gasteiger partial charge in [0.1, 0.15) is 5.78 Å². The minimum absolute atomic E-state index is 0.282. The summed E-state index contributed by atoms with van der Waals surface area (Å²) in [6.45, 7) is 2.46. The van der Waals surface area contributed by atoms with Crippen molar-refractivity contribution < 1.29 is 9.53 Å². The number of ether oxygens (including phenoxy) is 1. The zero-order valence-corrected chi connectivity index (χ0v) is 8.08. The molecule has 0 bridgehead atoms. The fraction of sp³-hybridized carbons (Fsp3) is 0.875. The maximum Gasteiger partial charge on any atom is 0.130 e. The van der Waals surface area contributed by atoms with Gasteiger partial charge in [-0.15, -0.1) is 0 Å². The van der Waals surface area contributed by atoms with Crippen LogP contribution in [0, 0.1) is 0 Å². The van der Waals surface area contributed by atoms with Gasteiger partial charge in [-0.1, -0.05) is 0 Å². The zero-order chi connectivity index (χ0) is 8.53. The van der Waals surface area contributed by atoms with Crippen LogP contribution in [0.2, 0.25) is 0 Å². The summed E-state index contributed by atoms with van der Waals surface area (Å²) in [6.07, 6.45) is 1.79. The van der Waals surface area contributed by atoms with E-state index >= 15 is 0 Å². The SMILES string of the molecule is COCCCSCCC(C)=O. The number of Topliss-reactive ketones (excluding diaryl/α,β-unsaturated/α-hetero) is 1. The first-order valence-corrected chi connectivity index (χ1v) is 4.99. The van der Waals surface area contributed by atoms with Crippen LogP contribution in [0.4, 0.5) is 0 Å². The van der Waals surface area contributed by atoms with E-state index in [2.05, 4.69) is 0 Å². The number of methoxy groups -OCH3 is 1. The smallest absolute Gasteiger partial charge is 0.130 e. The summed E-state index contributed by atoms with van der Waals surface area (Å²) < 4.78 is 4.89. The number of hydrogen-bond donors (Lipinski definition) is 0. The molecule has 0 spiro atoms. The molecule has 0 atom stereocenters. The van der Waals surface area contributed by atoms with Gasteiger partial charge in [0.25, 0.3) is 0 Å². The monoisotopic (exact) mass is 176 g/mol. The Kier molecular flexibility index (Phi) is 8.07. The second-order valence-electron chi connectivity index (χ2n) is 2.41. The van der Waals surface area contributed by atoms with Crippen molar-refractivity contribution in [2.45, 2.75) is 19.8 Å². The molecule has 0 aliphatic heterocycles. The Morgan fingerprint density at radius 2 is 2.18 bits per heavy atom. The van der Waals surface area contributed by atoms with Crippen LogP contribution in [0.1, 0.15) is 19.8 Å². The first-order valence-electron chi connectivity index (χ1n) is 3.83. The van der Waals surface area contributed by atoms with Crippen molar-refractivity contribution in [2.75, 3.05) is 25.2 Å². The van der Waals surface area contributed by atoms with E-state index in [1.807, 2.05) is 11.8 Å². The van der Waals surface area contributed by atoms with Crippen LogP contribution < -0.4 is 0 Å². The van der Waals surface area contributed by atoms with Crippen molar-refractivity contribution in [1.29, 1.82) is 0 Å². The van der Waals surface area contributed by atoms with E-state index in [0.717, 1.165) is 24.5 Å². The number of hydrogen-bond acceptors (Lipinski definition) is 3. The molecule has 66 valence electrons. The van der Waals surface area contributed by atoms with Crippen LogP contribution in [0.15, 0.2) is 0 Å². The summed E-state index contributed by atoms with van der Waals surface area (Å²) in [6, 6.07) is 0. The molecule has 2 nitrogen and oxygen atoms in total. The van der Waals surface area contributed by atoms with Gasteiger partial charge in [-0.05, 0) is 19.1 Å². The van der Waals surface area contributed by atoms with E-state index in [1.165, 1.54) is 0 Å². The topological polar surface area (TPSA) is 26.3 Å². The molecule has 0 fully saturated rings. The highest BCUT2D eigenvalue weighted by atomic mass is 32.2. The highest BCUT2D eigenvalue weighted by Crippen LogP contribution is 2.04. The van der Waals surface area contributed by atoms with Gasteiger partial charge in [0.15, 0.2) is 0 Å². The minimum atomic E-state index is 0.282. The van der Waals surface area contributed by atoms with E-state index in [9.17, 15) is 4.79 Å². The predicted octanol–water partition coefficient (Wildman–Crippen LogP) is 1.74. The predicted molar refractivity (Wildman–Crippen MR) is 49.1 cm³/mol. The summed E-state index contributed by atoms with van der Waals surface area (Å²) in [5.41, 5.74) is 0. The van der Waals surface area contributed by atoms with Gasteiger partial charge < -0.3 is 4.74 Å². The lowest BCUT2D eigenvalue weighted by atomic mass is 10.4. The lowest BCUT2D eigenvalue weighted by Crippen LogP contribution is -1.95. The molecule has 0 saturated carbocycles. The Balaban J connectivity index is 2.85. The summed E-state index contributed by atoms with van der Waals surface area (Å²) in [7, 11) is 1.71. The number of carbonyl (C=O) groups is 1. The maximum absolute atomic E-state index is 10.5. The molecule has 11 heavy (non-hydrogen) atoms. The molecule has 0 aromatic carbocycles. The lowest BCUT2D eigenvalue weighted by molar-refractivity contribution is -0.116. The standard InChI is InChI=1S/C8H16O2S/c1-8(9)4-7-11-6-3-5-10-2/h3-7H2,1-2H3. The molecule has 0 radical (unpaired) electrons. The average Bonchev–Trinajstić information content (AvgIpc) is 1.96. The van der Waals surface area contributed by atoms with Crippen LogP contribution in [-0.4, -0.2) is 31.0 Å². The van der Waals surface area contributed by atoms with Crippen molar-refractivity contribution in [3.63, 3.8) is 0 Å². The van der Waals surface area contributed by atoms with Gasteiger partial charge in [-0.3, -0.25) is 4.79 Å².